The van der Waals surface area contributed by atoms with Crippen molar-refractivity contribution in [2.45, 2.75) is 0 Å². The Morgan fingerprint density at radius 2 is 1.40 bits per heavy atom. The van der Waals surface area contributed by atoms with Crippen LogP contribution in [0, 0.1) is 11.3 Å². The van der Waals surface area contributed by atoms with Crippen LogP contribution in [0.15, 0.2) is 73.1 Å². The molecule has 0 aliphatic carbocycles. The Hall–Kier alpha value is -2.92. The highest BCUT2D eigenvalue weighted by atomic mass is 14.6. The van der Waals surface area contributed by atoms with Gasteiger partial charge < -0.3 is 0 Å². The monoisotopic (exact) mass is 256 g/mol. The highest BCUT2D eigenvalue weighted by Gasteiger charge is 2.04. The normalized spacial score (nSPS) is 9.95. The van der Waals surface area contributed by atoms with Gasteiger partial charge in [-0.25, -0.2) is 0 Å². The smallest absolute Gasteiger partial charge is 0.101 e. The van der Waals surface area contributed by atoms with Crippen LogP contribution in [0.25, 0.3) is 22.3 Å². The predicted molar refractivity (Wildman–Crippen MR) is 79.8 cm³/mol. The summed E-state index contributed by atoms with van der Waals surface area (Å²) in [5, 5.41) is 9.12. The molecule has 2 nitrogen and oxygen atoms in total. The molecule has 3 rings (SSSR count). The van der Waals surface area contributed by atoms with E-state index in [4.69, 9.17) is 5.26 Å². The van der Waals surface area contributed by atoms with Crippen LogP contribution in [0.3, 0.4) is 0 Å². The van der Waals surface area contributed by atoms with E-state index in [1.54, 1.807) is 12.4 Å². The quantitative estimate of drug-likeness (QED) is 0.686. The molecule has 0 saturated carbocycles. The summed E-state index contributed by atoms with van der Waals surface area (Å²) < 4.78 is 0. The van der Waals surface area contributed by atoms with Gasteiger partial charge in [0.05, 0.1) is 5.56 Å². The van der Waals surface area contributed by atoms with Crippen LogP contribution >= 0.6 is 0 Å². The summed E-state index contributed by atoms with van der Waals surface area (Å²) in [5.41, 5.74) is 4.90. The molecule has 94 valence electrons. The summed E-state index contributed by atoms with van der Waals surface area (Å²) in [5.74, 6) is 0. The predicted octanol–water partition coefficient (Wildman–Crippen LogP) is 4.29. The van der Waals surface area contributed by atoms with Gasteiger partial charge in [0.25, 0.3) is 0 Å². The van der Waals surface area contributed by atoms with Crippen molar-refractivity contribution in [1.29, 1.82) is 5.26 Å². The maximum atomic E-state index is 9.12. The van der Waals surface area contributed by atoms with Gasteiger partial charge in [0.2, 0.25) is 0 Å². The number of rotatable bonds is 2. The summed E-state index contributed by atoms with van der Waals surface area (Å²) in [6.45, 7) is 0. The first kappa shape index (κ1) is 12.1. The first-order valence-electron chi connectivity index (χ1n) is 6.38. The van der Waals surface area contributed by atoms with E-state index in [1.807, 2.05) is 36.4 Å². The van der Waals surface area contributed by atoms with Crippen molar-refractivity contribution >= 4 is 0 Å². The lowest BCUT2D eigenvalue weighted by Gasteiger charge is -2.06. The van der Waals surface area contributed by atoms with E-state index in [1.165, 1.54) is 11.1 Å². The lowest BCUT2D eigenvalue weighted by molar-refractivity contribution is 1.30. The van der Waals surface area contributed by atoms with E-state index in [2.05, 4.69) is 35.3 Å². The molecule has 0 bridgehead atoms. The zero-order valence-corrected chi connectivity index (χ0v) is 10.8. The summed E-state index contributed by atoms with van der Waals surface area (Å²) >= 11 is 0. The SMILES string of the molecule is N#Cc1cnccc1-c1ccc(-c2ccccc2)cc1. The number of pyridine rings is 1. The number of nitrogens with zero attached hydrogens (tertiary/aromatic N) is 2. The highest BCUT2D eigenvalue weighted by Crippen LogP contribution is 2.26. The lowest BCUT2D eigenvalue weighted by Crippen LogP contribution is -1.86. The maximum Gasteiger partial charge on any atom is 0.101 e. The standard InChI is InChI=1S/C18H12N2/c19-12-17-13-20-11-10-18(17)16-8-6-15(7-9-16)14-4-2-1-3-5-14/h1-11,13H. The van der Waals surface area contributed by atoms with E-state index in [0.29, 0.717) is 5.56 Å². The lowest BCUT2D eigenvalue weighted by atomic mass is 9.99. The van der Waals surface area contributed by atoms with E-state index in [0.717, 1.165) is 11.1 Å². The topological polar surface area (TPSA) is 36.7 Å². The molecule has 0 aliphatic rings. The van der Waals surface area contributed by atoms with Gasteiger partial charge in [-0.1, -0.05) is 54.6 Å². The Labute approximate surface area is 118 Å². The van der Waals surface area contributed by atoms with E-state index in [9.17, 15) is 0 Å². The summed E-state index contributed by atoms with van der Waals surface area (Å²) in [6, 6.07) is 22.5. The van der Waals surface area contributed by atoms with Crippen molar-refractivity contribution in [3.8, 4) is 28.3 Å². The van der Waals surface area contributed by atoms with Crippen LogP contribution in [-0.2, 0) is 0 Å². The number of hydrogen-bond donors (Lipinski definition) is 0. The third kappa shape index (κ3) is 2.30. The molecule has 0 fully saturated rings. The van der Waals surface area contributed by atoms with E-state index < -0.39 is 0 Å². The zero-order chi connectivity index (χ0) is 13.8. The molecular weight excluding hydrogens is 244 g/mol. The van der Waals surface area contributed by atoms with Gasteiger partial charge >= 0.3 is 0 Å². The molecule has 1 heterocycles. The molecule has 0 spiro atoms. The molecule has 0 atom stereocenters. The second kappa shape index (κ2) is 5.38. The summed E-state index contributed by atoms with van der Waals surface area (Å²) in [6.07, 6.45) is 3.31. The van der Waals surface area contributed by atoms with Gasteiger partial charge in [0.1, 0.15) is 6.07 Å². The van der Waals surface area contributed by atoms with Crippen LogP contribution < -0.4 is 0 Å². The number of aromatic nitrogens is 1. The number of benzene rings is 2. The molecule has 0 unspecified atom stereocenters. The van der Waals surface area contributed by atoms with Gasteiger partial charge in [-0.2, -0.15) is 5.26 Å². The third-order valence-corrected chi connectivity index (χ3v) is 3.24. The average molecular weight is 256 g/mol. The van der Waals surface area contributed by atoms with E-state index >= 15 is 0 Å². The van der Waals surface area contributed by atoms with Crippen molar-refractivity contribution in [3.05, 3.63) is 78.6 Å². The Morgan fingerprint density at radius 1 is 0.750 bits per heavy atom. The minimum absolute atomic E-state index is 0.597. The van der Waals surface area contributed by atoms with Gasteiger partial charge in [-0.15, -0.1) is 0 Å². The zero-order valence-electron chi connectivity index (χ0n) is 10.8. The molecule has 1 aromatic heterocycles. The van der Waals surface area contributed by atoms with Gasteiger partial charge in [0.15, 0.2) is 0 Å². The minimum atomic E-state index is 0.597. The van der Waals surface area contributed by atoms with Crippen molar-refractivity contribution in [2.75, 3.05) is 0 Å². The largest absolute Gasteiger partial charge is 0.263 e. The Balaban J connectivity index is 2.00. The van der Waals surface area contributed by atoms with Crippen LogP contribution in [0.2, 0.25) is 0 Å². The van der Waals surface area contributed by atoms with Gasteiger partial charge in [0, 0.05) is 18.0 Å². The second-order valence-corrected chi connectivity index (χ2v) is 4.48. The number of nitriles is 1. The van der Waals surface area contributed by atoms with Crippen LogP contribution in [-0.4, -0.2) is 4.98 Å². The molecule has 0 aliphatic heterocycles. The first-order valence-corrected chi connectivity index (χ1v) is 6.38. The molecule has 0 N–H and O–H groups in total. The molecule has 0 radical (unpaired) electrons. The summed E-state index contributed by atoms with van der Waals surface area (Å²) in [7, 11) is 0. The Bertz CT molecular complexity index is 753. The molecule has 0 amide bonds. The fourth-order valence-corrected chi connectivity index (χ4v) is 2.21. The summed E-state index contributed by atoms with van der Waals surface area (Å²) in [4.78, 5) is 3.98. The minimum Gasteiger partial charge on any atom is -0.263 e. The van der Waals surface area contributed by atoms with Crippen molar-refractivity contribution < 1.29 is 0 Å². The molecular formula is C18H12N2. The molecule has 0 saturated heterocycles. The van der Waals surface area contributed by atoms with Crippen molar-refractivity contribution in [1.82, 2.24) is 4.98 Å². The maximum absolute atomic E-state index is 9.12. The highest BCUT2D eigenvalue weighted by molar-refractivity contribution is 5.73. The van der Waals surface area contributed by atoms with Crippen molar-refractivity contribution in [3.63, 3.8) is 0 Å². The average Bonchev–Trinajstić information content (AvgIpc) is 2.56. The third-order valence-electron chi connectivity index (χ3n) is 3.24. The van der Waals surface area contributed by atoms with E-state index in [-0.39, 0.29) is 0 Å². The van der Waals surface area contributed by atoms with Crippen LogP contribution in [0.5, 0.6) is 0 Å². The first-order chi connectivity index (χ1) is 9.88. The van der Waals surface area contributed by atoms with Crippen LogP contribution in [0.4, 0.5) is 0 Å². The van der Waals surface area contributed by atoms with Crippen molar-refractivity contribution in [2.24, 2.45) is 0 Å². The number of hydrogen-bond acceptors (Lipinski definition) is 2. The second-order valence-electron chi connectivity index (χ2n) is 4.48. The Morgan fingerprint density at radius 3 is 2.10 bits per heavy atom. The van der Waals surface area contributed by atoms with Gasteiger partial charge in [-0.3, -0.25) is 4.98 Å². The fraction of sp³-hybridized carbons (Fsp3) is 0. The molecule has 20 heavy (non-hydrogen) atoms. The van der Waals surface area contributed by atoms with Crippen LogP contribution in [0.1, 0.15) is 5.56 Å². The fourth-order valence-electron chi connectivity index (χ4n) is 2.21. The molecule has 3 aromatic rings. The molecule has 2 aromatic carbocycles. The molecule has 2 heteroatoms. The van der Waals surface area contributed by atoms with Gasteiger partial charge in [-0.05, 0) is 22.8 Å². The Kier molecular flexibility index (Phi) is 3.26.